The number of piperazine rings is 1. The number of carbonyl (C=O) groups excluding carboxylic acids is 4. The normalized spacial score (nSPS) is 13.3. The molecule has 3 heterocycles. The summed E-state index contributed by atoms with van der Waals surface area (Å²) < 4.78 is 20.1. The van der Waals surface area contributed by atoms with Crippen LogP contribution in [0.25, 0.3) is 10.9 Å². The van der Waals surface area contributed by atoms with Gasteiger partial charge in [0.25, 0.3) is 17.6 Å². The second-order valence-electron chi connectivity index (χ2n) is 8.53. The summed E-state index contributed by atoms with van der Waals surface area (Å²) in [6.45, 7) is 0.855. The van der Waals surface area contributed by atoms with Crippen molar-refractivity contribution in [1.82, 2.24) is 19.8 Å². The second kappa shape index (κ2) is 10.5. The van der Waals surface area contributed by atoms with Crippen LogP contribution in [0.4, 0.5) is 14.9 Å². The predicted molar refractivity (Wildman–Crippen MR) is 135 cm³/mol. The van der Waals surface area contributed by atoms with E-state index in [9.17, 15) is 23.6 Å². The van der Waals surface area contributed by atoms with E-state index in [1.807, 2.05) is 6.07 Å². The number of halogens is 1. The lowest BCUT2D eigenvalue weighted by Crippen LogP contribution is -2.52. The molecule has 0 aliphatic carbocycles. The lowest BCUT2D eigenvalue weighted by atomic mass is 10.1. The molecule has 0 saturated carbocycles. The molecule has 38 heavy (non-hydrogen) atoms. The number of H-pyrrole nitrogens is 1. The minimum Gasteiger partial charge on any atom is -0.408 e. The molecule has 4 aromatic rings. The number of aromatic amines is 1. The molecule has 10 nitrogen and oxygen atoms in total. The zero-order valence-electron chi connectivity index (χ0n) is 20.0. The van der Waals surface area contributed by atoms with Gasteiger partial charge in [0.05, 0.1) is 16.5 Å². The van der Waals surface area contributed by atoms with E-state index in [1.54, 1.807) is 41.3 Å². The highest BCUT2D eigenvalue weighted by molar-refractivity contribution is 6.45. The Hall–Kier alpha value is -5.06. The van der Waals surface area contributed by atoms with Gasteiger partial charge < -0.3 is 19.5 Å². The van der Waals surface area contributed by atoms with Gasteiger partial charge in [-0.3, -0.25) is 24.7 Å². The molecule has 1 fully saturated rings. The van der Waals surface area contributed by atoms with Crippen molar-refractivity contribution in [2.75, 3.05) is 31.5 Å². The van der Waals surface area contributed by atoms with Gasteiger partial charge in [0.15, 0.2) is 5.75 Å². The number of Topliss-reactive ketones (excluding diaryl/α,β-unsaturated/α-hetero) is 1. The number of anilines is 1. The molecule has 11 heteroatoms. The van der Waals surface area contributed by atoms with Crippen LogP contribution in [0.15, 0.2) is 73.2 Å². The molecular formula is C27H22FN5O5. The fourth-order valence-corrected chi connectivity index (χ4v) is 4.26. The molecule has 1 aliphatic heterocycles. The zero-order valence-corrected chi connectivity index (χ0v) is 20.0. The molecule has 2 aromatic carbocycles. The number of aromatic nitrogens is 2. The number of hydrogen-bond acceptors (Lipinski definition) is 6. The van der Waals surface area contributed by atoms with E-state index in [2.05, 4.69) is 15.3 Å². The topological polar surface area (TPSA) is 125 Å². The fourth-order valence-electron chi connectivity index (χ4n) is 4.26. The number of hydrogen-bond donors (Lipinski definition) is 2. The first-order valence-corrected chi connectivity index (χ1v) is 11.8. The second-order valence-corrected chi connectivity index (χ2v) is 8.53. The molecule has 2 N–H and O–H groups in total. The molecule has 1 aliphatic rings. The van der Waals surface area contributed by atoms with Gasteiger partial charge in [-0.25, -0.2) is 9.18 Å². The first-order valence-electron chi connectivity index (χ1n) is 11.8. The van der Waals surface area contributed by atoms with Crippen molar-refractivity contribution in [3.05, 3.63) is 90.1 Å². The lowest BCUT2D eigenvalue weighted by Gasteiger charge is -2.34. The van der Waals surface area contributed by atoms with Crippen LogP contribution < -0.4 is 10.1 Å². The number of benzene rings is 2. The van der Waals surface area contributed by atoms with Crippen molar-refractivity contribution in [3.63, 3.8) is 0 Å². The van der Waals surface area contributed by atoms with E-state index >= 15 is 0 Å². The largest absolute Gasteiger partial charge is 0.417 e. The van der Waals surface area contributed by atoms with Crippen molar-refractivity contribution in [2.45, 2.75) is 0 Å². The maximum atomic E-state index is 14.8. The summed E-state index contributed by atoms with van der Waals surface area (Å²) in [5, 5.41) is 2.36. The van der Waals surface area contributed by atoms with Crippen LogP contribution in [-0.2, 0) is 4.79 Å². The summed E-state index contributed by atoms with van der Waals surface area (Å²) in [5.41, 5.74) is 0.876. The van der Waals surface area contributed by atoms with Crippen LogP contribution >= 0.6 is 0 Å². The van der Waals surface area contributed by atoms with Gasteiger partial charge in [0, 0.05) is 56.0 Å². The minimum absolute atomic E-state index is 0.0208. The van der Waals surface area contributed by atoms with E-state index < -0.39 is 23.6 Å². The van der Waals surface area contributed by atoms with Crippen molar-refractivity contribution in [3.8, 4) is 5.75 Å². The highest BCUT2D eigenvalue weighted by atomic mass is 19.1. The third-order valence-electron chi connectivity index (χ3n) is 6.19. The Balaban J connectivity index is 1.28. The smallest absolute Gasteiger partial charge is 0.408 e. The molecule has 0 atom stereocenters. The SMILES string of the molecule is O=C(Nc1ccncc1)Oc1ccc(F)c2c(C(=O)C(=O)N3CCN(C(=O)c4ccccc4)CC3)c[nH]c12. The Morgan fingerprint density at radius 3 is 2.29 bits per heavy atom. The first kappa shape index (κ1) is 24.6. The van der Waals surface area contributed by atoms with E-state index in [0.29, 0.717) is 11.3 Å². The summed E-state index contributed by atoms with van der Waals surface area (Å²) in [4.78, 5) is 60.6. The standard InChI is InChI=1S/C27H22FN5O5/c28-20-6-7-21(38-27(37)31-18-8-10-29-11-9-18)23-22(20)19(16-30-23)24(34)26(36)33-14-12-32(13-15-33)25(35)17-4-2-1-3-5-17/h1-11,16,30H,12-15H2,(H,29,31,37). The highest BCUT2D eigenvalue weighted by Crippen LogP contribution is 2.31. The molecule has 0 bridgehead atoms. The van der Waals surface area contributed by atoms with Crippen LogP contribution in [0, 0.1) is 5.82 Å². The van der Waals surface area contributed by atoms with Gasteiger partial charge in [-0.05, 0) is 36.4 Å². The predicted octanol–water partition coefficient (Wildman–Crippen LogP) is 3.48. The molecule has 192 valence electrons. The Labute approximate surface area is 216 Å². The number of nitrogens with one attached hydrogen (secondary N) is 2. The molecule has 0 radical (unpaired) electrons. The Morgan fingerprint density at radius 1 is 0.895 bits per heavy atom. The van der Waals surface area contributed by atoms with Crippen LogP contribution in [-0.4, -0.2) is 69.6 Å². The molecule has 3 amide bonds. The van der Waals surface area contributed by atoms with Gasteiger partial charge in [0.2, 0.25) is 0 Å². The summed E-state index contributed by atoms with van der Waals surface area (Å²) in [6, 6.07) is 14.2. The Morgan fingerprint density at radius 2 is 1.58 bits per heavy atom. The summed E-state index contributed by atoms with van der Waals surface area (Å²) in [6.07, 6.45) is 3.38. The van der Waals surface area contributed by atoms with Gasteiger partial charge in [-0.1, -0.05) is 18.2 Å². The van der Waals surface area contributed by atoms with Crippen LogP contribution in [0.5, 0.6) is 5.75 Å². The summed E-state index contributed by atoms with van der Waals surface area (Å²) in [7, 11) is 0. The third kappa shape index (κ3) is 4.94. The lowest BCUT2D eigenvalue weighted by molar-refractivity contribution is -0.127. The van der Waals surface area contributed by atoms with E-state index in [4.69, 9.17) is 4.74 Å². The molecule has 1 saturated heterocycles. The molecule has 5 rings (SSSR count). The molecule has 0 spiro atoms. The van der Waals surface area contributed by atoms with Crippen LogP contribution in [0.1, 0.15) is 20.7 Å². The quantitative estimate of drug-likeness (QED) is 0.310. The highest BCUT2D eigenvalue weighted by Gasteiger charge is 2.31. The molecule has 0 unspecified atom stereocenters. The number of pyridine rings is 1. The maximum Gasteiger partial charge on any atom is 0.417 e. The number of ketones is 1. The summed E-state index contributed by atoms with van der Waals surface area (Å²) in [5.74, 6) is -2.64. The zero-order chi connectivity index (χ0) is 26.6. The van der Waals surface area contributed by atoms with Crippen molar-refractivity contribution >= 4 is 40.3 Å². The third-order valence-corrected chi connectivity index (χ3v) is 6.19. The first-order chi connectivity index (χ1) is 18.4. The number of rotatable bonds is 5. The molecule has 2 aromatic heterocycles. The number of carbonyl (C=O) groups is 4. The van der Waals surface area contributed by atoms with Crippen molar-refractivity contribution < 1.29 is 28.3 Å². The van der Waals surface area contributed by atoms with E-state index in [1.165, 1.54) is 29.6 Å². The monoisotopic (exact) mass is 515 g/mol. The van der Waals surface area contributed by atoms with Gasteiger partial charge in [0.1, 0.15) is 5.82 Å². The van der Waals surface area contributed by atoms with Crippen LogP contribution in [0.3, 0.4) is 0 Å². The Bertz CT molecular complexity index is 1520. The number of ether oxygens (including phenoxy) is 1. The van der Waals surface area contributed by atoms with Crippen LogP contribution in [0.2, 0.25) is 0 Å². The minimum atomic E-state index is -0.906. The number of fused-ring (bicyclic) bond motifs is 1. The van der Waals surface area contributed by atoms with E-state index in [-0.39, 0.29) is 54.3 Å². The number of amides is 3. The van der Waals surface area contributed by atoms with E-state index in [0.717, 1.165) is 6.07 Å². The van der Waals surface area contributed by atoms with Gasteiger partial charge in [-0.15, -0.1) is 0 Å². The van der Waals surface area contributed by atoms with Crippen molar-refractivity contribution in [2.24, 2.45) is 0 Å². The Kier molecular flexibility index (Phi) is 6.81. The average Bonchev–Trinajstić information content (AvgIpc) is 3.41. The number of nitrogens with zero attached hydrogens (tertiary/aromatic N) is 3. The maximum absolute atomic E-state index is 14.8. The van der Waals surface area contributed by atoms with Gasteiger partial charge in [-0.2, -0.15) is 0 Å². The van der Waals surface area contributed by atoms with Gasteiger partial charge >= 0.3 is 6.09 Å². The summed E-state index contributed by atoms with van der Waals surface area (Å²) >= 11 is 0. The average molecular weight is 516 g/mol. The fraction of sp³-hybridized carbons (Fsp3) is 0.148. The molecular weight excluding hydrogens is 493 g/mol. The van der Waals surface area contributed by atoms with Crippen molar-refractivity contribution in [1.29, 1.82) is 0 Å².